The number of ether oxygens (including phenoxy) is 2. The van der Waals surface area contributed by atoms with Crippen molar-refractivity contribution in [3.63, 3.8) is 0 Å². The Hall–Kier alpha value is -3.61. The minimum absolute atomic E-state index is 0.227. The van der Waals surface area contributed by atoms with Crippen LogP contribution >= 0.6 is 0 Å². The molecule has 0 atom stereocenters. The number of nitrogens with one attached hydrogen (secondary N) is 2. The Labute approximate surface area is 162 Å². The zero-order chi connectivity index (χ0) is 19.3. The van der Waals surface area contributed by atoms with Gasteiger partial charge in [-0.2, -0.15) is 0 Å². The summed E-state index contributed by atoms with van der Waals surface area (Å²) >= 11 is 0. The van der Waals surface area contributed by atoms with E-state index in [1.807, 2.05) is 18.2 Å². The molecule has 7 nitrogen and oxygen atoms in total. The number of anilines is 1. The fraction of sp³-hybridized carbons (Fsp3) is 0.190. The van der Waals surface area contributed by atoms with Crippen molar-refractivity contribution in [1.29, 1.82) is 0 Å². The van der Waals surface area contributed by atoms with Crippen LogP contribution in [-0.4, -0.2) is 22.7 Å². The molecule has 0 saturated carbocycles. The average Bonchev–Trinajstić information content (AvgIpc) is 3.20. The number of hydrogen-bond acceptors (Lipinski definition) is 6. The second-order valence-electron chi connectivity index (χ2n) is 6.50. The molecule has 142 valence electrons. The Balaban J connectivity index is 1.30. The molecule has 0 radical (unpaired) electrons. The fourth-order valence-corrected chi connectivity index (χ4v) is 2.76. The smallest absolute Gasteiger partial charge is 0.271 e. The number of aryl methyl sites for hydroxylation is 1. The first-order valence-corrected chi connectivity index (χ1v) is 8.95. The van der Waals surface area contributed by atoms with Gasteiger partial charge in [0.1, 0.15) is 11.5 Å². The van der Waals surface area contributed by atoms with E-state index in [9.17, 15) is 4.79 Å². The summed E-state index contributed by atoms with van der Waals surface area (Å²) in [5.41, 5.74) is 3.56. The van der Waals surface area contributed by atoms with Gasteiger partial charge in [0.15, 0.2) is 11.5 Å². The topological polar surface area (TPSA) is 85.4 Å². The summed E-state index contributed by atoms with van der Waals surface area (Å²) in [6, 6.07) is 13.8. The van der Waals surface area contributed by atoms with Crippen molar-refractivity contribution in [1.82, 2.24) is 15.3 Å². The van der Waals surface area contributed by atoms with Crippen molar-refractivity contribution in [3.8, 4) is 11.5 Å². The number of fused-ring (bicyclic) bond motifs is 1. The van der Waals surface area contributed by atoms with Crippen LogP contribution in [0.1, 0.15) is 27.2 Å². The molecule has 1 aliphatic heterocycles. The van der Waals surface area contributed by atoms with Gasteiger partial charge in [-0.1, -0.05) is 35.9 Å². The molecule has 2 aromatic carbocycles. The van der Waals surface area contributed by atoms with Crippen molar-refractivity contribution in [2.45, 2.75) is 20.0 Å². The first kappa shape index (κ1) is 17.8. The quantitative estimate of drug-likeness (QED) is 0.688. The molecule has 3 aromatic rings. The molecule has 1 aromatic heterocycles. The number of rotatable bonds is 6. The van der Waals surface area contributed by atoms with Gasteiger partial charge in [-0.25, -0.2) is 9.97 Å². The Morgan fingerprint density at radius 1 is 0.964 bits per heavy atom. The van der Waals surface area contributed by atoms with E-state index in [2.05, 4.69) is 51.8 Å². The summed E-state index contributed by atoms with van der Waals surface area (Å²) in [7, 11) is 0. The molecule has 4 rings (SSSR count). The highest BCUT2D eigenvalue weighted by Crippen LogP contribution is 2.32. The second-order valence-corrected chi connectivity index (χ2v) is 6.50. The second kappa shape index (κ2) is 7.96. The summed E-state index contributed by atoms with van der Waals surface area (Å²) in [5, 5.41) is 6.03. The van der Waals surface area contributed by atoms with Gasteiger partial charge >= 0.3 is 0 Å². The molecule has 2 N–H and O–H groups in total. The van der Waals surface area contributed by atoms with E-state index in [0.29, 0.717) is 24.7 Å². The van der Waals surface area contributed by atoms with Gasteiger partial charge in [-0.15, -0.1) is 0 Å². The van der Waals surface area contributed by atoms with Crippen LogP contribution in [0.4, 0.5) is 5.82 Å². The van der Waals surface area contributed by atoms with Crippen molar-refractivity contribution >= 4 is 11.7 Å². The standard InChI is InChI=1S/C21H20N4O3/c1-14-2-4-15(5-3-14)9-23-20-12-22-17(11-24-20)21(26)25-10-16-6-7-18-19(8-16)28-13-27-18/h2-8,11-12H,9-10,13H2,1H3,(H,23,24)(H,25,26). The zero-order valence-corrected chi connectivity index (χ0v) is 15.4. The maximum Gasteiger partial charge on any atom is 0.271 e. The van der Waals surface area contributed by atoms with Gasteiger partial charge < -0.3 is 20.1 Å². The van der Waals surface area contributed by atoms with E-state index in [1.165, 1.54) is 11.8 Å². The Kier molecular flexibility index (Phi) is 5.05. The molecule has 1 aliphatic rings. The van der Waals surface area contributed by atoms with Crippen LogP contribution in [0.3, 0.4) is 0 Å². The molecule has 2 heterocycles. The highest BCUT2D eigenvalue weighted by molar-refractivity contribution is 5.91. The van der Waals surface area contributed by atoms with Gasteiger partial charge in [-0.3, -0.25) is 4.79 Å². The number of nitrogens with zero attached hydrogens (tertiary/aromatic N) is 2. The molecule has 0 unspecified atom stereocenters. The van der Waals surface area contributed by atoms with Crippen LogP contribution < -0.4 is 20.1 Å². The number of amides is 1. The lowest BCUT2D eigenvalue weighted by Crippen LogP contribution is -2.24. The number of benzene rings is 2. The van der Waals surface area contributed by atoms with Crippen LogP contribution in [0, 0.1) is 6.92 Å². The molecule has 0 aliphatic carbocycles. The highest BCUT2D eigenvalue weighted by atomic mass is 16.7. The van der Waals surface area contributed by atoms with E-state index in [1.54, 1.807) is 6.20 Å². The molecular weight excluding hydrogens is 356 g/mol. The van der Waals surface area contributed by atoms with Gasteiger partial charge in [0, 0.05) is 13.1 Å². The van der Waals surface area contributed by atoms with E-state index in [4.69, 9.17) is 9.47 Å². The minimum atomic E-state index is -0.282. The highest BCUT2D eigenvalue weighted by Gasteiger charge is 2.14. The summed E-state index contributed by atoms with van der Waals surface area (Å²) in [4.78, 5) is 20.7. The SMILES string of the molecule is Cc1ccc(CNc2cnc(C(=O)NCc3ccc4c(c3)OCO4)cn2)cc1. The monoisotopic (exact) mass is 376 g/mol. The van der Waals surface area contributed by atoms with Crippen LogP contribution in [-0.2, 0) is 13.1 Å². The molecular formula is C21H20N4O3. The first-order valence-electron chi connectivity index (χ1n) is 8.95. The van der Waals surface area contributed by atoms with Gasteiger partial charge in [0.05, 0.1) is 12.4 Å². The lowest BCUT2D eigenvalue weighted by atomic mass is 10.1. The Morgan fingerprint density at radius 3 is 2.54 bits per heavy atom. The van der Waals surface area contributed by atoms with E-state index < -0.39 is 0 Å². The summed E-state index contributed by atoms with van der Waals surface area (Å²) in [6.07, 6.45) is 3.02. The predicted octanol–water partition coefficient (Wildman–Crippen LogP) is 3.06. The maximum absolute atomic E-state index is 12.3. The van der Waals surface area contributed by atoms with E-state index in [-0.39, 0.29) is 18.4 Å². The van der Waals surface area contributed by atoms with Crippen molar-refractivity contribution in [3.05, 3.63) is 77.2 Å². The summed E-state index contributed by atoms with van der Waals surface area (Å²) in [5.74, 6) is 1.74. The fourth-order valence-electron chi connectivity index (χ4n) is 2.76. The molecule has 1 amide bonds. The first-order chi connectivity index (χ1) is 13.7. The van der Waals surface area contributed by atoms with Crippen molar-refractivity contribution in [2.24, 2.45) is 0 Å². The minimum Gasteiger partial charge on any atom is -0.454 e. The van der Waals surface area contributed by atoms with Crippen molar-refractivity contribution in [2.75, 3.05) is 12.1 Å². The lowest BCUT2D eigenvalue weighted by molar-refractivity contribution is 0.0945. The molecule has 7 heteroatoms. The zero-order valence-electron chi connectivity index (χ0n) is 15.4. The molecule has 28 heavy (non-hydrogen) atoms. The third kappa shape index (κ3) is 4.20. The molecule has 0 fully saturated rings. The third-order valence-corrected chi connectivity index (χ3v) is 4.37. The number of carbonyl (C=O) groups is 1. The number of hydrogen-bond donors (Lipinski definition) is 2. The van der Waals surface area contributed by atoms with Crippen LogP contribution in [0.15, 0.2) is 54.9 Å². The van der Waals surface area contributed by atoms with Crippen LogP contribution in [0.5, 0.6) is 11.5 Å². The van der Waals surface area contributed by atoms with Gasteiger partial charge in [0.2, 0.25) is 6.79 Å². The summed E-state index contributed by atoms with van der Waals surface area (Å²) in [6.45, 7) is 3.29. The van der Waals surface area contributed by atoms with Crippen molar-refractivity contribution < 1.29 is 14.3 Å². The van der Waals surface area contributed by atoms with Crippen LogP contribution in [0.2, 0.25) is 0 Å². The van der Waals surface area contributed by atoms with E-state index in [0.717, 1.165) is 16.9 Å². The number of aromatic nitrogens is 2. The van der Waals surface area contributed by atoms with Crippen LogP contribution in [0.25, 0.3) is 0 Å². The molecule has 0 bridgehead atoms. The Morgan fingerprint density at radius 2 is 1.75 bits per heavy atom. The maximum atomic E-state index is 12.3. The predicted molar refractivity (Wildman–Crippen MR) is 104 cm³/mol. The summed E-state index contributed by atoms with van der Waals surface area (Å²) < 4.78 is 10.6. The molecule has 0 spiro atoms. The average molecular weight is 376 g/mol. The molecule has 0 saturated heterocycles. The largest absolute Gasteiger partial charge is 0.454 e. The van der Waals surface area contributed by atoms with E-state index >= 15 is 0 Å². The lowest BCUT2D eigenvalue weighted by Gasteiger charge is -2.08. The number of carbonyl (C=O) groups excluding carboxylic acids is 1. The normalized spacial score (nSPS) is 11.9. The Bertz CT molecular complexity index is 972. The van der Waals surface area contributed by atoms with Gasteiger partial charge in [-0.05, 0) is 30.2 Å². The third-order valence-electron chi connectivity index (χ3n) is 4.37. The van der Waals surface area contributed by atoms with Gasteiger partial charge in [0.25, 0.3) is 5.91 Å².